The van der Waals surface area contributed by atoms with Gasteiger partial charge in [-0.15, -0.1) is 6.42 Å². The average Bonchev–Trinajstić information content (AvgIpc) is 3.25. The molecular weight excluding hydrogens is 416 g/mol. The Morgan fingerprint density at radius 2 is 2.06 bits per heavy atom. The third kappa shape index (κ3) is 3.64. The highest BCUT2D eigenvalue weighted by atomic mass is 16.5. The molecule has 0 aliphatic carbocycles. The molecule has 0 saturated carbocycles. The molecule has 2 saturated heterocycles. The molecule has 0 radical (unpaired) electrons. The number of carbonyl (C=O) groups excluding carboxylic acids is 1. The Labute approximate surface area is 192 Å². The minimum absolute atomic E-state index is 0.210. The molecule has 1 spiro atoms. The van der Waals surface area contributed by atoms with Crippen LogP contribution in [0, 0.1) is 29.1 Å². The van der Waals surface area contributed by atoms with E-state index in [1.54, 1.807) is 21.8 Å². The maximum absolute atomic E-state index is 11.7. The summed E-state index contributed by atoms with van der Waals surface area (Å²) in [4.78, 5) is 20.5. The second kappa shape index (κ2) is 8.14. The monoisotopic (exact) mass is 440 g/mol. The number of rotatable bonds is 4. The number of aromatic nitrogens is 3. The van der Waals surface area contributed by atoms with Crippen LogP contribution < -0.4 is 9.64 Å². The van der Waals surface area contributed by atoms with E-state index in [2.05, 4.69) is 22.0 Å². The van der Waals surface area contributed by atoms with Crippen molar-refractivity contribution >= 4 is 17.2 Å². The lowest BCUT2D eigenvalue weighted by Crippen LogP contribution is -2.61. The summed E-state index contributed by atoms with van der Waals surface area (Å²) in [6.07, 6.45) is 12.4. The van der Waals surface area contributed by atoms with Crippen molar-refractivity contribution in [3.8, 4) is 35.3 Å². The van der Waals surface area contributed by atoms with Crippen LogP contribution in [0.4, 0.5) is 5.82 Å². The zero-order valence-electron chi connectivity index (χ0n) is 18.5. The van der Waals surface area contributed by atoms with Crippen molar-refractivity contribution in [2.45, 2.75) is 19.8 Å². The van der Waals surface area contributed by atoms with E-state index in [9.17, 15) is 10.1 Å². The number of fused-ring (bicyclic) bond motifs is 1. The number of hydrogen-bond acceptors (Lipinski definition) is 6. The molecule has 1 amide bonds. The number of hydrogen-bond donors (Lipinski definition) is 0. The second-order valence-corrected chi connectivity index (χ2v) is 8.68. The number of nitrogens with zero attached hydrogens (tertiary/aromatic N) is 6. The van der Waals surface area contributed by atoms with Crippen LogP contribution in [-0.2, 0) is 4.79 Å². The molecule has 2 aliphatic rings. The summed E-state index contributed by atoms with van der Waals surface area (Å²) >= 11 is 0. The summed E-state index contributed by atoms with van der Waals surface area (Å²) in [5.41, 5.74) is 3.25. The van der Waals surface area contributed by atoms with E-state index >= 15 is 0 Å². The van der Waals surface area contributed by atoms with E-state index in [0.717, 1.165) is 61.5 Å². The third-order valence-corrected chi connectivity index (χ3v) is 6.69. The fourth-order valence-electron chi connectivity index (χ4n) is 4.89. The summed E-state index contributed by atoms with van der Waals surface area (Å²) in [7, 11) is 0. The lowest BCUT2D eigenvalue weighted by molar-refractivity contribution is -0.127. The van der Waals surface area contributed by atoms with Crippen LogP contribution in [0.25, 0.3) is 16.6 Å². The quantitative estimate of drug-likeness (QED) is 0.580. The molecular formula is C25H24N6O2. The number of nitriles is 1. The SMILES string of the molecule is C#CC(=O)N1CCC2(CC1)CN(c1ccc(-c3cc(OCC)cn4ncc(C#N)c34)cn1)C2. The van der Waals surface area contributed by atoms with Crippen LogP contribution in [-0.4, -0.2) is 58.2 Å². The molecule has 0 aromatic carbocycles. The molecule has 3 aromatic rings. The number of carbonyl (C=O) groups is 1. The first-order valence-corrected chi connectivity index (χ1v) is 11.1. The van der Waals surface area contributed by atoms with Crippen molar-refractivity contribution in [3.05, 3.63) is 42.4 Å². The molecule has 8 heteroatoms. The highest BCUT2D eigenvalue weighted by Gasteiger charge is 2.45. The van der Waals surface area contributed by atoms with Gasteiger partial charge in [-0.25, -0.2) is 9.50 Å². The summed E-state index contributed by atoms with van der Waals surface area (Å²) in [6, 6.07) is 8.20. The Morgan fingerprint density at radius 1 is 1.27 bits per heavy atom. The van der Waals surface area contributed by atoms with Gasteiger partial charge in [-0.2, -0.15) is 10.4 Å². The molecule has 0 bridgehead atoms. The molecule has 2 fully saturated rings. The third-order valence-electron chi connectivity index (χ3n) is 6.69. The largest absolute Gasteiger partial charge is 0.492 e. The molecule has 166 valence electrons. The van der Waals surface area contributed by atoms with Gasteiger partial charge in [-0.1, -0.05) is 0 Å². The minimum atomic E-state index is -0.210. The maximum Gasteiger partial charge on any atom is 0.298 e. The van der Waals surface area contributed by atoms with Crippen molar-refractivity contribution in [1.29, 1.82) is 5.26 Å². The van der Waals surface area contributed by atoms with Crippen molar-refractivity contribution < 1.29 is 9.53 Å². The van der Waals surface area contributed by atoms with Gasteiger partial charge in [0.25, 0.3) is 5.91 Å². The van der Waals surface area contributed by atoms with Crippen molar-refractivity contribution in [2.24, 2.45) is 5.41 Å². The molecule has 2 aliphatic heterocycles. The van der Waals surface area contributed by atoms with Crippen LogP contribution in [0.5, 0.6) is 5.75 Å². The van der Waals surface area contributed by atoms with Gasteiger partial charge in [0.15, 0.2) is 0 Å². The highest BCUT2D eigenvalue weighted by Crippen LogP contribution is 2.42. The first kappa shape index (κ1) is 20.8. The lowest BCUT2D eigenvalue weighted by atomic mass is 9.72. The number of amides is 1. The van der Waals surface area contributed by atoms with Gasteiger partial charge in [0.1, 0.15) is 17.6 Å². The Kier molecular flexibility index (Phi) is 5.14. The topological polar surface area (TPSA) is 86.8 Å². The Balaban J connectivity index is 1.34. The number of anilines is 1. The summed E-state index contributed by atoms with van der Waals surface area (Å²) in [5, 5.41) is 13.8. The number of likely N-dealkylation sites (tertiary alicyclic amines) is 1. The van der Waals surface area contributed by atoms with Crippen LogP contribution in [0.15, 0.2) is 36.8 Å². The predicted molar refractivity (Wildman–Crippen MR) is 124 cm³/mol. The number of terminal acetylenes is 1. The lowest BCUT2D eigenvalue weighted by Gasteiger charge is -2.54. The van der Waals surface area contributed by atoms with Gasteiger partial charge >= 0.3 is 0 Å². The first-order valence-electron chi connectivity index (χ1n) is 11.1. The van der Waals surface area contributed by atoms with Crippen LogP contribution in [0.1, 0.15) is 25.3 Å². The van der Waals surface area contributed by atoms with Crippen molar-refractivity contribution in [3.63, 3.8) is 0 Å². The molecule has 8 nitrogen and oxygen atoms in total. The van der Waals surface area contributed by atoms with E-state index < -0.39 is 0 Å². The number of ether oxygens (including phenoxy) is 1. The summed E-state index contributed by atoms with van der Waals surface area (Å²) < 4.78 is 7.38. The smallest absolute Gasteiger partial charge is 0.298 e. The molecule has 0 N–H and O–H groups in total. The molecule has 33 heavy (non-hydrogen) atoms. The number of pyridine rings is 2. The Bertz CT molecular complexity index is 1280. The summed E-state index contributed by atoms with van der Waals surface area (Å²) in [5.74, 6) is 3.62. The predicted octanol–water partition coefficient (Wildman–Crippen LogP) is 2.73. The fraction of sp³-hybridized carbons (Fsp3) is 0.360. The second-order valence-electron chi connectivity index (χ2n) is 8.68. The van der Waals surface area contributed by atoms with Crippen LogP contribution in [0.3, 0.4) is 0 Å². The molecule has 3 aromatic heterocycles. The Morgan fingerprint density at radius 3 is 2.70 bits per heavy atom. The van der Waals surface area contributed by atoms with Gasteiger partial charge in [-0.05, 0) is 43.9 Å². The zero-order chi connectivity index (χ0) is 23.0. The zero-order valence-corrected chi connectivity index (χ0v) is 18.5. The van der Waals surface area contributed by atoms with Gasteiger partial charge in [0.2, 0.25) is 0 Å². The molecule has 0 atom stereocenters. The average molecular weight is 441 g/mol. The van der Waals surface area contributed by atoms with E-state index in [4.69, 9.17) is 16.1 Å². The van der Waals surface area contributed by atoms with E-state index in [0.29, 0.717) is 17.9 Å². The highest BCUT2D eigenvalue weighted by molar-refractivity contribution is 5.93. The van der Waals surface area contributed by atoms with Crippen LogP contribution in [0.2, 0.25) is 0 Å². The molecule has 0 unspecified atom stereocenters. The van der Waals surface area contributed by atoms with Gasteiger partial charge in [-0.3, -0.25) is 4.79 Å². The minimum Gasteiger partial charge on any atom is -0.492 e. The van der Waals surface area contributed by atoms with E-state index in [1.807, 2.05) is 31.3 Å². The maximum atomic E-state index is 11.7. The van der Waals surface area contributed by atoms with E-state index in [1.165, 1.54) is 0 Å². The molecule has 5 heterocycles. The van der Waals surface area contributed by atoms with Gasteiger partial charge < -0.3 is 14.5 Å². The normalized spacial score (nSPS) is 16.8. The van der Waals surface area contributed by atoms with Gasteiger partial charge in [0, 0.05) is 48.9 Å². The van der Waals surface area contributed by atoms with Crippen molar-refractivity contribution in [2.75, 3.05) is 37.7 Å². The standard InChI is InChI=1S/C25H24N6O2/c1-3-23(32)29-9-7-25(8-10-29)16-30(17-25)22-6-5-18(13-27-22)21-11-20(33-4-2)15-31-24(21)19(12-26)14-28-31/h1,5-6,11,13-15H,4,7-10,16-17H2,2H3. The Hall–Kier alpha value is -4.04. The van der Waals surface area contributed by atoms with E-state index in [-0.39, 0.29) is 11.3 Å². The molecule has 5 rings (SSSR count). The van der Waals surface area contributed by atoms with Crippen LogP contribution >= 0.6 is 0 Å². The van der Waals surface area contributed by atoms with Crippen molar-refractivity contribution in [1.82, 2.24) is 19.5 Å². The number of piperidine rings is 1. The summed E-state index contributed by atoms with van der Waals surface area (Å²) in [6.45, 7) is 5.79. The fourth-order valence-corrected chi connectivity index (χ4v) is 4.89. The first-order chi connectivity index (χ1) is 16.1. The van der Waals surface area contributed by atoms with Gasteiger partial charge in [0.05, 0.1) is 30.1 Å².